The molecule has 0 spiro atoms. The molecule has 1 aromatic carbocycles. The number of morpholine rings is 1. The molecule has 1 aromatic rings. The van der Waals surface area contributed by atoms with E-state index in [1.807, 2.05) is 12.1 Å². The van der Waals surface area contributed by atoms with Crippen LogP contribution in [-0.2, 0) is 4.74 Å². The molecule has 2 atom stereocenters. The standard InChI is InChI=1S/C15H20BrClN2O/c1-19-6-7-20-14(9-18-11-3-4-11)15(19)10-2-5-12(16)13(17)8-10/h2,5,8,11,14-15,18H,3-4,6-7,9H2,1H3. The van der Waals surface area contributed by atoms with Gasteiger partial charge in [0.05, 0.1) is 23.8 Å². The van der Waals surface area contributed by atoms with Gasteiger partial charge in [0.2, 0.25) is 0 Å². The van der Waals surface area contributed by atoms with Gasteiger partial charge in [0.1, 0.15) is 0 Å². The molecule has 3 nitrogen and oxygen atoms in total. The van der Waals surface area contributed by atoms with E-state index in [4.69, 9.17) is 16.3 Å². The highest BCUT2D eigenvalue weighted by Crippen LogP contribution is 2.33. The number of benzene rings is 1. The van der Waals surface area contributed by atoms with Crippen LogP contribution in [0.15, 0.2) is 22.7 Å². The zero-order chi connectivity index (χ0) is 14.1. The van der Waals surface area contributed by atoms with E-state index in [1.54, 1.807) is 0 Å². The smallest absolute Gasteiger partial charge is 0.0896 e. The zero-order valence-corrected chi connectivity index (χ0v) is 14.0. The molecule has 1 heterocycles. The highest BCUT2D eigenvalue weighted by atomic mass is 79.9. The van der Waals surface area contributed by atoms with E-state index in [-0.39, 0.29) is 12.1 Å². The quantitative estimate of drug-likeness (QED) is 0.893. The molecule has 1 aliphatic heterocycles. The van der Waals surface area contributed by atoms with Crippen LogP contribution >= 0.6 is 27.5 Å². The van der Waals surface area contributed by atoms with Crippen LogP contribution in [0.2, 0.25) is 5.02 Å². The molecule has 1 N–H and O–H groups in total. The summed E-state index contributed by atoms with van der Waals surface area (Å²) in [6, 6.07) is 7.17. The van der Waals surface area contributed by atoms with Crippen molar-refractivity contribution in [3.8, 4) is 0 Å². The summed E-state index contributed by atoms with van der Waals surface area (Å²) in [5.41, 5.74) is 1.22. The Balaban J connectivity index is 1.78. The predicted octanol–water partition coefficient (Wildman–Crippen LogP) is 3.23. The van der Waals surface area contributed by atoms with Gasteiger partial charge >= 0.3 is 0 Å². The Bertz CT molecular complexity index is 481. The molecule has 1 saturated heterocycles. The lowest BCUT2D eigenvalue weighted by Gasteiger charge is -2.39. The van der Waals surface area contributed by atoms with Gasteiger partial charge in [-0.3, -0.25) is 4.90 Å². The van der Waals surface area contributed by atoms with Crippen LogP contribution in [0.3, 0.4) is 0 Å². The van der Waals surface area contributed by atoms with Crippen molar-refractivity contribution in [2.24, 2.45) is 0 Å². The average molecular weight is 360 g/mol. The molecule has 110 valence electrons. The molecule has 1 saturated carbocycles. The second-order valence-corrected chi connectivity index (χ2v) is 6.95. The van der Waals surface area contributed by atoms with E-state index in [2.05, 4.69) is 39.3 Å². The van der Waals surface area contributed by atoms with Crippen LogP contribution < -0.4 is 5.32 Å². The molecule has 2 aliphatic rings. The first-order chi connectivity index (χ1) is 9.65. The van der Waals surface area contributed by atoms with Gasteiger partial charge in [0.15, 0.2) is 0 Å². The Morgan fingerprint density at radius 2 is 2.25 bits per heavy atom. The first-order valence-corrected chi connectivity index (χ1v) is 8.32. The first-order valence-electron chi connectivity index (χ1n) is 7.15. The fraction of sp³-hybridized carbons (Fsp3) is 0.600. The maximum absolute atomic E-state index is 6.24. The van der Waals surface area contributed by atoms with E-state index < -0.39 is 0 Å². The van der Waals surface area contributed by atoms with E-state index in [0.717, 1.165) is 29.2 Å². The third-order valence-electron chi connectivity index (χ3n) is 4.07. The predicted molar refractivity (Wildman–Crippen MR) is 85.3 cm³/mol. The van der Waals surface area contributed by atoms with Crippen LogP contribution in [0, 0.1) is 0 Å². The van der Waals surface area contributed by atoms with Gasteiger partial charge in [-0.25, -0.2) is 0 Å². The van der Waals surface area contributed by atoms with E-state index >= 15 is 0 Å². The molecule has 1 aliphatic carbocycles. The van der Waals surface area contributed by atoms with Gasteiger partial charge in [-0.2, -0.15) is 0 Å². The number of nitrogens with one attached hydrogen (secondary N) is 1. The lowest BCUT2D eigenvalue weighted by Crippen LogP contribution is -2.47. The van der Waals surface area contributed by atoms with E-state index in [9.17, 15) is 0 Å². The van der Waals surface area contributed by atoms with E-state index in [1.165, 1.54) is 18.4 Å². The number of ether oxygens (including phenoxy) is 1. The second-order valence-electron chi connectivity index (χ2n) is 5.69. The van der Waals surface area contributed by atoms with Crippen molar-refractivity contribution < 1.29 is 4.74 Å². The molecule has 0 bridgehead atoms. The maximum atomic E-state index is 6.24. The summed E-state index contributed by atoms with van der Waals surface area (Å²) in [5, 5.41) is 4.34. The molecule has 3 rings (SSSR count). The monoisotopic (exact) mass is 358 g/mol. The molecule has 0 radical (unpaired) electrons. The number of halogens is 2. The third kappa shape index (κ3) is 3.37. The lowest BCUT2D eigenvalue weighted by atomic mass is 9.98. The summed E-state index contributed by atoms with van der Waals surface area (Å²) >= 11 is 9.70. The van der Waals surface area contributed by atoms with Gasteiger partial charge < -0.3 is 10.1 Å². The fourth-order valence-electron chi connectivity index (χ4n) is 2.77. The van der Waals surface area contributed by atoms with Crippen molar-refractivity contribution >= 4 is 27.5 Å². The Morgan fingerprint density at radius 1 is 1.45 bits per heavy atom. The third-order valence-corrected chi connectivity index (χ3v) is 5.31. The molecule has 0 aromatic heterocycles. The summed E-state index contributed by atoms with van der Waals surface area (Å²) in [4.78, 5) is 2.36. The molecular formula is C15H20BrClN2O. The minimum Gasteiger partial charge on any atom is -0.374 e. The summed E-state index contributed by atoms with van der Waals surface area (Å²) in [6.07, 6.45) is 2.79. The minimum absolute atomic E-state index is 0.187. The number of hydrogen-bond acceptors (Lipinski definition) is 3. The van der Waals surface area contributed by atoms with Crippen molar-refractivity contribution in [3.05, 3.63) is 33.3 Å². The molecule has 5 heteroatoms. The number of nitrogens with zero attached hydrogens (tertiary/aromatic N) is 1. The van der Waals surface area contributed by atoms with Crippen molar-refractivity contribution in [2.75, 3.05) is 26.7 Å². The summed E-state index contributed by atoms with van der Waals surface area (Å²) in [6.45, 7) is 2.67. The Hall–Kier alpha value is -0.130. The van der Waals surface area contributed by atoms with Crippen LogP contribution in [-0.4, -0.2) is 43.8 Å². The van der Waals surface area contributed by atoms with E-state index in [0.29, 0.717) is 6.04 Å². The van der Waals surface area contributed by atoms with Crippen LogP contribution in [0.25, 0.3) is 0 Å². The number of rotatable bonds is 4. The summed E-state index contributed by atoms with van der Waals surface area (Å²) in [7, 11) is 2.16. The summed E-state index contributed by atoms with van der Waals surface area (Å²) in [5.74, 6) is 0. The van der Waals surface area contributed by atoms with Crippen molar-refractivity contribution in [1.29, 1.82) is 0 Å². The molecule has 2 fully saturated rings. The van der Waals surface area contributed by atoms with Gasteiger partial charge in [-0.05, 0) is 53.5 Å². The molecule has 0 amide bonds. The largest absolute Gasteiger partial charge is 0.374 e. The summed E-state index contributed by atoms with van der Waals surface area (Å²) < 4.78 is 6.94. The highest BCUT2D eigenvalue weighted by molar-refractivity contribution is 9.10. The molecule has 2 unspecified atom stereocenters. The fourth-order valence-corrected chi connectivity index (χ4v) is 3.20. The van der Waals surface area contributed by atoms with Crippen molar-refractivity contribution in [2.45, 2.75) is 31.0 Å². The first kappa shape index (κ1) is 14.8. The molecular weight excluding hydrogens is 340 g/mol. The van der Waals surface area contributed by atoms with Crippen molar-refractivity contribution in [3.63, 3.8) is 0 Å². The second kappa shape index (κ2) is 6.32. The van der Waals surface area contributed by atoms with Crippen molar-refractivity contribution in [1.82, 2.24) is 10.2 Å². The Kier molecular flexibility index (Phi) is 4.68. The number of hydrogen-bond donors (Lipinski definition) is 1. The normalized spacial score (nSPS) is 27.8. The lowest BCUT2D eigenvalue weighted by molar-refractivity contribution is -0.0615. The average Bonchev–Trinajstić information content (AvgIpc) is 3.24. The van der Waals surface area contributed by atoms with Crippen LogP contribution in [0.4, 0.5) is 0 Å². The SMILES string of the molecule is CN1CCOC(CNC2CC2)C1c1ccc(Br)c(Cl)c1. The van der Waals surface area contributed by atoms with Crippen LogP contribution in [0.1, 0.15) is 24.4 Å². The van der Waals surface area contributed by atoms with Gasteiger partial charge in [-0.15, -0.1) is 0 Å². The van der Waals surface area contributed by atoms with Gasteiger partial charge in [0.25, 0.3) is 0 Å². The van der Waals surface area contributed by atoms with Crippen LogP contribution in [0.5, 0.6) is 0 Å². The van der Waals surface area contributed by atoms with Gasteiger partial charge in [0, 0.05) is 23.6 Å². The number of likely N-dealkylation sites (N-methyl/N-ethyl adjacent to an activating group) is 1. The topological polar surface area (TPSA) is 24.5 Å². The molecule has 20 heavy (non-hydrogen) atoms. The maximum Gasteiger partial charge on any atom is 0.0896 e. The minimum atomic E-state index is 0.187. The Labute approximate surface area is 133 Å². The van der Waals surface area contributed by atoms with Gasteiger partial charge in [-0.1, -0.05) is 17.7 Å². The highest BCUT2D eigenvalue weighted by Gasteiger charge is 2.33. The zero-order valence-electron chi connectivity index (χ0n) is 11.6. The Morgan fingerprint density at radius 3 is 2.95 bits per heavy atom.